The molecule has 2 aliphatic heterocycles. The minimum atomic E-state index is -0.650. The summed E-state index contributed by atoms with van der Waals surface area (Å²) in [6, 6.07) is 11.1. The normalized spacial score (nSPS) is 18.1. The number of benzene rings is 2. The van der Waals surface area contributed by atoms with Crippen molar-refractivity contribution in [2.24, 2.45) is 14.1 Å². The summed E-state index contributed by atoms with van der Waals surface area (Å²) in [5.74, 6) is -0.813. The number of imide groups is 1. The molecule has 6 rings (SSSR count). The van der Waals surface area contributed by atoms with Gasteiger partial charge in [0.05, 0.1) is 29.7 Å². The third-order valence-corrected chi connectivity index (χ3v) is 8.40. The molecule has 1 atom stereocenters. The molecule has 4 heterocycles. The molecule has 218 valence electrons. The molecular formula is C29H29ClFN7O4. The van der Waals surface area contributed by atoms with Gasteiger partial charge in [0.2, 0.25) is 11.9 Å². The van der Waals surface area contributed by atoms with Gasteiger partial charge in [0.25, 0.3) is 11.5 Å². The number of aryl methyl sites for hydroxylation is 2. The number of carbonyl (C=O) groups is 2. The van der Waals surface area contributed by atoms with E-state index in [4.69, 9.17) is 16.6 Å². The quantitative estimate of drug-likeness (QED) is 0.326. The van der Waals surface area contributed by atoms with Gasteiger partial charge in [0.15, 0.2) is 11.2 Å². The fourth-order valence-electron chi connectivity index (χ4n) is 5.73. The molecule has 2 aromatic heterocycles. The summed E-state index contributed by atoms with van der Waals surface area (Å²) in [6.45, 7) is 4.27. The Bertz CT molecular complexity index is 1860. The van der Waals surface area contributed by atoms with E-state index in [1.54, 1.807) is 7.05 Å². The Hall–Kier alpha value is -4.29. The smallest absolute Gasteiger partial charge is 0.332 e. The molecule has 2 saturated heterocycles. The molecule has 11 nitrogen and oxygen atoms in total. The van der Waals surface area contributed by atoms with Gasteiger partial charge in [-0.1, -0.05) is 41.4 Å². The van der Waals surface area contributed by atoms with E-state index in [1.807, 2.05) is 45.6 Å². The van der Waals surface area contributed by atoms with Crippen LogP contribution in [0.3, 0.4) is 0 Å². The number of piperazine rings is 1. The highest BCUT2D eigenvalue weighted by Gasteiger charge is 2.43. The van der Waals surface area contributed by atoms with Crippen LogP contribution < -0.4 is 21.0 Å². The molecule has 0 spiro atoms. The van der Waals surface area contributed by atoms with E-state index in [-0.39, 0.29) is 28.9 Å². The number of hydrogen-bond donors (Lipinski definition) is 0. The lowest BCUT2D eigenvalue weighted by atomic mass is 10.1. The van der Waals surface area contributed by atoms with Crippen molar-refractivity contribution >= 4 is 46.2 Å². The van der Waals surface area contributed by atoms with E-state index in [0.29, 0.717) is 49.8 Å². The van der Waals surface area contributed by atoms with E-state index in [1.165, 1.54) is 23.7 Å². The number of halogens is 2. The molecule has 2 amide bonds. The van der Waals surface area contributed by atoms with Gasteiger partial charge in [0, 0.05) is 40.3 Å². The van der Waals surface area contributed by atoms with Crippen molar-refractivity contribution in [1.29, 1.82) is 0 Å². The third-order valence-electron chi connectivity index (χ3n) is 8.11. The molecule has 42 heavy (non-hydrogen) atoms. The summed E-state index contributed by atoms with van der Waals surface area (Å²) in [7, 11) is 3.05. The predicted octanol–water partition coefficient (Wildman–Crippen LogP) is 2.04. The Morgan fingerprint density at radius 2 is 1.64 bits per heavy atom. The highest BCUT2D eigenvalue weighted by atomic mass is 35.5. The van der Waals surface area contributed by atoms with Gasteiger partial charge in [0.1, 0.15) is 5.82 Å². The van der Waals surface area contributed by atoms with Gasteiger partial charge >= 0.3 is 5.69 Å². The number of imidazole rings is 1. The summed E-state index contributed by atoms with van der Waals surface area (Å²) in [4.78, 5) is 62.0. The molecule has 0 radical (unpaired) electrons. The second-order valence-electron chi connectivity index (χ2n) is 10.8. The minimum absolute atomic E-state index is 0.0118. The molecule has 2 aromatic carbocycles. The number of rotatable bonds is 5. The van der Waals surface area contributed by atoms with Gasteiger partial charge in [-0.05, 0) is 30.7 Å². The van der Waals surface area contributed by atoms with Gasteiger partial charge in [-0.15, -0.1) is 0 Å². The first-order valence-electron chi connectivity index (χ1n) is 13.6. The molecule has 1 unspecified atom stereocenters. The average molecular weight is 594 g/mol. The van der Waals surface area contributed by atoms with Crippen molar-refractivity contribution in [3.63, 3.8) is 0 Å². The van der Waals surface area contributed by atoms with Gasteiger partial charge in [-0.25, -0.2) is 14.1 Å². The highest BCUT2D eigenvalue weighted by Crippen LogP contribution is 2.30. The van der Waals surface area contributed by atoms with Gasteiger partial charge in [-0.3, -0.25) is 33.0 Å². The summed E-state index contributed by atoms with van der Waals surface area (Å²) >= 11 is 5.90. The lowest BCUT2D eigenvalue weighted by Crippen LogP contribution is -2.53. The first-order chi connectivity index (χ1) is 20.0. The average Bonchev–Trinajstić information content (AvgIpc) is 3.50. The molecule has 0 N–H and O–H groups in total. The number of aromatic nitrogens is 4. The first-order valence-corrected chi connectivity index (χ1v) is 14.0. The molecule has 2 fully saturated rings. The van der Waals surface area contributed by atoms with Crippen LogP contribution >= 0.6 is 11.6 Å². The maximum absolute atomic E-state index is 13.7. The maximum atomic E-state index is 13.7. The van der Waals surface area contributed by atoms with Crippen molar-refractivity contribution in [2.75, 3.05) is 36.0 Å². The minimum Gasteiger partial charge on any atom is -0.340 e. The Balaban J connectivity index is 1.28. The monoisotopic (exact) mass is 593 g/mol. The summed E-state index contributed by atoms with van der Waals surface area (Å²) < 4.78 is 18.0. The second-order valence-corrected chi connectivity index (χ2v) is 11.2. The fraction of sp³-hybridized carbons (Fsp3) is 0.345. The predicted molar refractivity (Wildman–Crippen MR) is 157 cm³/mol. The number of nitrogens with zero attached hydrogens (tertiary/aromatic N) is 7. The van der Waals surface area contributed by atoms with Crippen molar-refractivity contribution < 1.29 is 14.0 Å². The number of anilines is 2. The van der Waals surface area contributed by atoms with Crippen molar-refractivity contribution in [3.8, 4) is 0 Å². The van der Waals surface area contributed by atoms with Crippen molar-refractivity contribution in [2.45, 2.75) is 25.9 Å². The molecule has 2 aliphatic rings. The zero-order valence-electron chi connectivity index (χ0n) is 23.4. The summed E-state index contributed by atoms with van der Waals surface area (Å²) in [5.41, 5.74) is 2.10. The molecule has 4 aromatic rings. The Labute approximate surface area is 244 Å². The van der Waals surface area contributed by atoms with Crippen LogP contribution in [-0.2, 0) is 30.2 Å². The van der Waals surface area contributed by atoms with Crippen LogP contribution in [0.1, 0.15) is 17.5 Å². The number of hydrogen-bond acceptors (Lipinski definition) is 7. The van der Waals surface area contributed by atoms with Crippen molar-refractivity contribution in [1.82, 2.24) is 23.6 Å². The second kappa shape index (κ2) is 10.5. The van der Waals surface area contributed by atoms with Crippen LogP contribution in [0, 0.1) is 12.7 Å². The lowest BCUT2D eigenvalue weighted by molar-refractivity contribution is -0.123. The van der Waals surface area contributed by atoms with Gasteiger partial charge in [-0.2, -0.15) is 4.98 Å². The number of fused-ring (bicyclic) bond motifs is 1. The third kappa shape index (κ3) is 4.60. The molecule has 0 saturated carbocycles. The summed E-state index contributed by atoms with van der Waals surface area (Å²) in [6.07, 6.45) is 0.0118. The van der Waals surface area contributed by atoms with Crippen LogP contribution in [0.25, 0.3) is 11.2 Å². The lowest BCUT2D eigenvalue weighted by Gasteiger charge is -2.37. The van der Waals surface area contributed by atoms with E-state index in [2.05, 4.69) is 0 Å². The van der Waals surface area contributed by atoms with Crippen molar-refractivity contribution in [3.05, 3.63) is 85.3 Å². The number of amides is 2. The first kappa shape index (κ1) is 27.9. The standard InChI is InChI=1S/C29H29ClFN7O4/c1-17-4-6-18(7-5-17)16-37-24-25(33(2)29(42)34(3)27(24)41)32-28(37)36-12-10-35(11-13-36)22-15-23(39)38(26(22)40)19-8-9-21(31)20(30)14-19/h4-9,14,22H,10-13,15-16H2,1-3H3. The largest absolute Gasteiger partial charge is 0.340 e. The summed E-state index contributed by atoms with van der Waals surface area (Å²) in [5, 5.41) is -0.161. The van der Waals surface area contributed by atoms with E-state index < -0.39 is 23.1 Å². The molecule has 13 heteroatoms. The Morgan fingerprint density at radius 1 is 0.952 bits per heavy atom. The van der Waals surface area contributed by atoms with Crippen LogP contribution in [0.5, 0.6) is 0 Å². The van der Waals surface area contributed by atoms with Crippen LogP contribution in [0.2, 0.25) is 5.02 Å². The topological polar surface area (TPSA) is 106 Å². The van der Waals surface area contributed by atoms with E-state index in [9.17, 15) is 23.6 Å². The van der Waals surface area contributed by atoms with Gasteiger partial charge < -0.3 is 4.90 Å². The SMILES string of the molecule is Cc1ccc(Cn2c(N3CCN(C4CC(=O)N(c5ccc(F)c(Cl)c5)C4=O)CC3)nc3c2c(=O)n(C)c(=O)n3C)cc1. The highest BCUT2D eigenvalue weighted by molar-refractivity contribution is 6.31. The Kier molecular flexibility index (Phi) is 6.98. The van der Waals surface area contributed by atoms with E-state index >= 15 is 0 Å². The van der Waals surface area contributed by atoms with Crippen LogP contribution in [-0.4, -0.2) is 67.6 Å². The molecule has 0 aliphatic carbocycles. The molecule has 0 bridgehead atoms. The number of carbonyl (C=O) groups excluding carboxylic acids is 2. The maximum Gasteiger partial charge on any atom is 0.332 e. The van der Waals surface area contributed by atoms with Crippen LogP contribution in [0.15, 0.2) is 52.1 Å². The van der Waals surface area contributed by atoms with Crippen LogP contribution in [0.4, 0.5) is 16.0 Å². The zero-order valence-corrected chi connectivity index (χ0v) is 24.1. The Morgan fingerprint density at radius 3 is 2.31 bits per heavy atom. The molecular weight excluding hydrogens is 565 g/mol. The van der Waals surface area contributed by atoms with E-state index in [0.717, 1.165) is 26.7 Å². The zero-order chi connectivity index (χ0) is 29.9. The fourth-order valence-corrected chi connectivity index (χ4v) is 5.91.